The maximum atomic E-state index is 12.8. The number of benzene rings is 1. The molecule has 0 saturated carbocycles. The lowest BCUT2D eigenvalue weighted by Crippen LogP contribution is -2.52. The molecule has 0 spiro atoms. The van der Waals surface area contributed by atoms with Crippen LogP contribution in [0, 0.1) is 6.92 Å². The second kappa shape index (κ2) is 8.91. The molecular formula is C21H28N4O3. The number of nitrogens with zero attached hydrogens (tertiary/aromatic N) is 3. The van der Waals surface area contributed by atoms with Gasteiger partial charge in [0.2, 0.25) is 11.8 Å². The standard InChI is InChI=1S/C21H28N4O3/c1-4-18(25-19-14-15(3)23-24(19)13-11-20(25)26)21(27)22-12-10-16-6-8-17(9-7-16)28-5-2/h6-9,14,18H,4-5,10-13H2,1-3H3,(H,22,27)/t18-/m0/s1. The zero-order valence-electron chi connectivity index (χ0n) is 16.8. The molecule has 0 saturated heterocycles. The van der Waals surface area contributed by atoms with Crippen LogP contribution in [-0.2, 0) is 22.6 Å². The number of aryl methyl sites for hydroxylation is 2. The highest BCUT2D eigenvalue weighted by Gasteiger charge is 2.34. The number of carbonyl (C=O) groups is 2. The van der Waals surface area contributed by atoms with Crippen molar-refractivity contribution in [2.24, 2.45) is 0 Å². The van der Waals surface area contributed by atoms with Crippen molar-refractivity contribution in [1.29, 1.82) is 0 Å². The quantitative estimate of drug-likeness (QED) is 0.759. The highest BCUT2D eigenvalue weighted by molar-refractivity contribution is 6.00. The average molecular weight is 384 g/mol. The van der Waals surface area contributed by atoms with E-state index in [0.717, 1.165) is 23.4 Å². The van der Waals surface area contributed by atoms with Gasteiger partial charge >= 0.3 is 0 Å². The Kier molecular flexibility index (Phi) is 6.34. The third-order valence-corrected chi connectivity index (χ3v) is 4.88. The molecule has 0 fully saturated rings. The summed E-state index contributed by atoms with van der Waals surface area (Å²) >= 11 is 0. The topological polar surface area (TPSA) is 76.5 Å². The van der Waals surface area contributed by atoms with E-state index in [-0.39, 0.29) is 11.8 Å². The maximum absolute atomic E-state index is 12.8. The van der Waals surface area contributed by atoms with E-state index < -0.39 is 6.04 Å². The molecule has 1 aromatic heterocycles. The molecule has 0 unspecified atom stereocenters. The third kappa shape index (κ3) is 4.35. The van der Waals surface area contributed by atoms with Crippen molar-refractivity contribution in [2.75, 3.05) is 18.1 Å². The van der Waals surface area contributed by atoms with Crippen molar-refractivity contribution >= 4 is 17.6 Å². The van der Waals surface area contributed by atoms with Crippen LogP contribution in [-0.4, -0.2) is 40.8 Å². The van der Waals surface area contributed by atoms with E-state index in [1.54, 1.807) is 4.90 Å². The van der Waals surface area contributed by atoms with Crippen LogP contribution < -0.4 is 15.0 Å². The average Bonchev–Trinajstić information content (AvgIpc) is 3.06. The zero-order valence-corrected chi connectivity index (χ0v) is 16.8. The van der Waals surface area contributed by atoms with Gasteiger partial charge in [0.25, 0.3) is 0 Å². The molecule has 1 aliphatic rings. The van der Waals surface area contributed by atoms with Gasteiger partial charge in [0.15, 0.2) is 0 Å². The van der Waals surface area contributed by atoms with Gasteiger partial charge in [-0.3, -0.25) is 14.5 Å². The minimum absolute atomic E-state index is 0.0269. The molecule has 28 heavy (non-hydrogen) atoms. The van der Waals surface area contributed by atoms with Crippen molar-refractivity contribution in [1.82, 2.24) is 15.1 Å². The lowest BCUT2D eigenvalue weighted by molar-refractivity contribution is -0.127. The summed E-state index contributed by atoms with van der Waals surface area (Å²) in [5.74, 6) is 1.40. The van der Waals surface area contributed by atoms with Gasteiger partial charge < -0.3 is 10.1 Å². The van der Waals surface area contributed by atoms with Gasteiger partial charge in [-0.25, -0.2) is 4.68 Å². The maximum Gasteiger partial charge on any atom is 0.243 e. The number of hydrogen-bond donors (Lipinski definition) is 1. The number of amides is 2. The number of rotatable bonds is 8. The Morgan fingerprint density at radius 2 is 2.04 bits per heavy atom. The number of nitrogens with one attached hydrogen (secondary N) is 1. The van der Waals surface area contributed by atoms with E-state index in [0.29, 0.717) is 38.4 Å². The Balaban J connectivity index is 1.61. The predicted molar refractivity (Wildman–Crippen MR) is 107 cm³/mol. The summed E-state index contributed by atoms with van der Waals surface area (Å²) in [5, 5.41) is 7.40. The number of hydrogen-bond acceptors (Lipinski definition) is 4. The molecule has 150 valence electrons. The van der Waals surface area contributed by atoms with Crippen molar-refractivity contribution in [3.8, 4) is 5.75 Å². The highest BCUT2D eigenvalue weighted by Crippen LogP contribution is 2.26. The van der Waals surface area contributed by atoms with E-state index in [9.17, 15) is 9.59 Å². The monoisotopic (exact) mass is 384 g/mol. The van der Waals surface area contributed by atoms with Gasteiger partial charge in [-0.05, 0) is 44.4 Å². The van der Waals surface area contributed by atoms with E-state index in [1.165, 1.54) is 0 Å². The predicted octanol–water partition coefficient (Wildman–Crippen LogP) is 2.46. The minimum atomic E-state index is -0.525. The number of fused-ring (bicyclic) bond motifs is 1. The van der Waals surface area contributed by atoms with E-state index in [2.05, 4.69) is 10.4 Å². The molecule has 0 radical (unpaired) electrons. The van der Waals surface area contributed by atoms with E-state index in [4.69, 9.17) is 4.74 Å². The smallest absolute Gasteiger partial charge is 0.243 e. The molecule has 2 heterocycles. The number of ether oxygens (including phenoxy) is 1. The highest BCUT2D eigenvalue weighted by atomic mass is 16.5. The van der Waals surface area contributed by atoms with Crippen LogP contribution in [0.5, 0.6) is 5.75 Å². The first-order valence-electron chi connectivity index (χ1n) is 9.89. The molecule has 1 atom stereocenters. The third-order valence-electron chi connectivity index (χ3n) is 4.88. The fourth-order valence-corrected chi connectivity index (χ4v) is 3.53. The Morgan fingerprint density at radius 3 is 2.71 bits per heavy atom. The number of carbonyl (C=O) groups excluding carboxylic acids is 2. The molecule has 7 nitrogen and oxygen atoms in total. The second-order valence-corrected chi connectivity index (χ2v) is 6.92. The van der Waals surface area contributed by atoms with Crippen LogP contribution in [0.4, 0.5) is 5.82 Å². The largest absolute Gasteiger partial charge is 0.494 e. The van der Waals surface area contributed by atoms with E-state index >= 15 is 0 Å². The van der Waals surface area contributed by atoms with Gasteiger partial charge in [0.05, 0.1) is 18.8 Å². The first-order chi connectivity index (χ1) is 13.5. The summed E-state index contributed by atoms with van der Waals surface area (Å²) in [5.41, 5.74) is 1.97. The fraction of sp³-hybridized carbons (Fsp3) is 0.476. The van der Waals surface area contributed by atoms with Crippen LogP contribution in [0.2, 0.25) is 0 Å². The van der Waals surface area contributed by atoms with Crippen LogP contribution in [0.1, 0.15) is 37.9 Å². The van der Waals surface area contributed by atoms with Crippen LogP contribution in [0.25, 0.3) is 0 Å². The summed E-state index contributed by atoms with van der Waals surface area (Å²) in [7, 11) is 0. The number of aromatic nitrogens is 2. The molecule has 3 rings (SSSR count). The Morgan fingerprint density at radius 1 is 1.29 bits per heavy atom. The molecule has 1 aromatic carbocycles. The summed E-state index contributed by atoms with van der Waals surface area (Å²) in [6, 6.07) is 9.22. The van der Waals surface area contributed by atoms with Gasteiger partial charge in [0, 0.05) is 19.0 Å². The van der Waals surface area contributed by atoms with Crippen molar-refractivity contribution < 1.29 is 14.3 Å². The fourth-order valence-electron chi connectivity index (χ4n) is 3.53. The molecule has 1 aliphatic heterocycles. The molecule has 0 bridgehead atoms. The lowest BCUT2D eigenvalue weighted by Gasteiger charge is -2.33. The van der Waals surface area contributed by atoms with Gasteiger partial charge in [-0.2, -0.15) is 5.10 Å². The van der Waals surface area contributed by atoms with Crippen LogP contribution in [0.15, 0.2) is 30.3 Å². The SMILES string of the molecule is CCOc1ccc(CCNC(=O)[C@H](CC)N2C(=O)CCn3nc(C)cc32)cc1. The molecule has 1 N–H and O–H groups in total. The Hall–Kier alpha value is -2.83. The van der Waals surface area contributed by atoms with Crippen molar-refractivity contribution in [3.05, 3.63) is 41.6 Å². The van der Waals surface area contributed by atoms with Crippen molar-refractivity contribution in [2.45, 2.75) is 52.6 Å². The number of anilines is 1. The first kappa shape index (κ1) is 19.9. The minimum Gasteiger partial charge on any atom is -0.494 e. The van der Waals surface area contributed by atoms with Crippen LogP contribution in [0.3, 0.4) is 0 Å². The molecule has 2 aromatic rings. The molecule has 7 heteroatoms. The summed E-state index contributed by atoms with van der Waals surface area (Å²) < 4.78 is 7.26. The molecular weight excluding hydrogens is 356 g/mol. The van der Waals surface area contributed by atoms with Gasteiger partial charge in [-0.1, -0.05) is 19.1 Å². The normalized spacial score (nSPS) is 14.5. The van der Waals surface area contributed by atoms with E-state index in [1.807, 2.05) is 55.8 Å². The first-order valence-corrected chi connectivity index (χ1v) is 9.89. The Bertz CT molecular complexity index is 829. The Labute approximate surface area is 165 Å². The summed E-state index contributed by atoms with van der Waals surface area (Å²) in [6.45, 7) is 7.49. The van der Waals surface area contributed by atoms with Crippen LogP contribution >= 0.6 is 0 Å². The molecule has 0 aliphatic carbocycles. The lowest BCUT2D eigenvalue weighted by atomic mass is 10.1. The zero-order chi connectivity index (χ0) is 20.1. The second-order valence-electron chi connectivity index (χ2n) is 6.92. The van der Waals surface area contributed by atoms with Crippen molar-refractivity contribution in [3.63, 3.8) is 0 Å². The summed E-state index contributed by atoms with van der Waals surface area (Å²) in [4.78, 5) is 27.0. The summed E-state index contributed by atoms with van der Waals surface area (Å²) in [6.07, 6.45) is 1.63. The van der Waals surface area contributed by atoms with Gasteiger partial charge in [-0.15, -0.1) is 0 Å². The van der Waals surface area contributed by atoms with Gasteiger partial charge in [0.1, 0.15) is 17.6 Å². The molecule has 2 amide bonds.